The first-order valence-electron chi connectivity index (χ1n) is 12.6. The molecule has 3 rings (SSSR count). The van der Waals surface area contributed by atoms with Crippen molar-refractivity contribution in [3.63, 3.8) is 0 Å². The average Bonchev–Trinajstić information content (AvgIpc) is 2.84. The van der Waals surface area contributed by atoms with E-state index in [1.807, 2.05) is 48.5 Å². The minimum absolute atomic E-state index is 0.375. The smallest absolute Gasteiger partial charge is 0.410 e. The van der Waals surface area contributed by atoms with Gasteiger partial charge in [-0.1, -0.05) is 49.2 Å². The first-order valence-corrected chi connectivity index (χ1v) is 12.6. The number of carbonyl (C=O) groups excluding carboxylic acids is 1. The lowest BCUT2D eigenvalue weighted by molar-refractivity contribution is 0.0163. The first-order chi connectivity index (χ1) is 16.2. The molecular weight excluding hydrogens is 412 g/mol. The Labute approximate surface area is 198 Å². The van der Waals surface area contributed by atoms with Crippen molar-refractivity contribution in [1.29, 1.82) is 0 Å². The van der Waals surface area contributed by atoms with E-state index in [0.717, 1.165) is 69.0 Å². The number of benzene rings is 2. The second kappa shape index (κ2) is 14.7. The molecule has 2 aromatic rings. The van der Waals surface area contributed by atoms with E-state index in [1.165, 1.54) is 19.3 Å². The van der Waals surface area contributed by atoms with Gasteiger partial charge in [-0.3, -0.25) is 0 Å². The van der Waals surface area contributed by atoms with Crippen molar-refractivity contribution in [2.75, 3.05) is 26.2 Å². The van der Waals surface area contributed by atoms with Crippen molar-refractivity contribution < 1.29 is 14.3 Å². The van der Waals surface area contributed by atoms with Crippen molar-refractivity contribution in [3.8, 4) is 5.75 Å². The van der Waals surface area contributed by atoms with E-state index in [1.54, 1.807) is 0 Å². The predicted molar refractivity (Wildman–Crippen MR) is 136 cm³/mol. The predicted octanol–water partition coefficient (Wildman–Crippen LogP) is 6.23. The lowest BCUT2D eigenvalue weighted by Gasteiger charge is -2.28. The molecule has 0 aromatic heterocycles. The minimum atomic E-state index is -0.375. The van der Waals surface area contributed by atoms with Gasteiger partial charge >= 0.3 is 6.09 Å². The molecule has 1 fully saturated rings. The summed E-state index contributed by atoms with van der Waals surface area (Å²) in [6.45, 7) is 7.41. The molecule has 0 heterocycles. The Kier molecular flexibility index (Phi) is 11.3. The second-order valence-electron chi connectivity index (χ2n) is 9.03. The van der Waals surface area contributed by atoms with Crippen LogP contribution in [0.25, 0.3) is 10.8 Å². The summed E-state index contributed by atoms with van der Waals surface area (Å²) >= 11 is 0. The highest BCUT2D eigenvalue weighted by molar-refractivity contribution is 5.84. The standard InChI is InChI=1S/C28H40N2O3/c1-2-3-18-29-19-8-4-5-9-20-32-26-15-12-23(13-16-26)22-30-28(31)33-27-17-14-24-10-6-7-11-25(24)21-27/h2,6-7,10-11,14,17,21,23,26,29H,1,3-5,8-9,12-13,15-16,18-20,22H2,(H,30,31). The monoisotopic (exact) mass is 452 g/mol. The Morgan fingerprint density at radius 3 is 2.58 bits per heavy atom. The third-order valence-electron chi connectivity index (χ3n) is 6.39. The summed E-state index contributed by atoms with van der Waals surface area (Å²) in [6, 6.07) is 13.8. The Morgan fingerprint density at radius 1 is 0.970 bits per heavy atom. The topological polar surface area (TPSA) is 59.6 Å². The fourth-order valence-corrected chi connectivity index (χ4v) is 4.39. The molecule has 0 aliphatic heterocycles. The number of rotatable bonds is 14. The van der Waals surface area contributed by atoms with Crippen LogP contribution in [-0.4, -0.2) is 38.4 Å². The molecule has 0 spiro atoms. The number of unbranched alkanes of at least 4 members (excludes halogenated alkanes) is 3. The molecule has 2 aromatic carbocycles. The Balaban J connectivity index is 1.20. The molecule has 1 aliphatic carbocycles. The quantitative estimate of drug-likeness (QED) is 0.263. The van der Waals surface area contributed by atoms with Crippen LogP contribution in [0.4, 0.5) is 4.79 Å². The van der Waals surface area contributed by atoms with Crippen LogP contribution in [-0.2, 0) is 4.74 Å². The van der Waals surface area contributed by atoms with Gasteiger partial charge in [-0.05, 0) is 86.9 Å². The van der Waals surface area contributed by atoms with E-state index in [-0.39, 0.29) is 6.09 Å². The molecule has 1 saturated carbocycles. The summed E-state index contributed by atoms with van der Waals surface area (Å²) in [4.78, 5) is 12.2. The fourth-order valence-electron chi connectivity index (χ4n) is 4.39. The van der Waals surface area contributed by atoms with Crippen LogP contribution in [0.2, 0.25) is 0 Å². The molecule has 1 aliphatic rings. The highest BCUT2D eigenvalue weighted by atomic mass is 16.6. The summed E-state index contributed by atoms with van der Waals surface area (Å²) in [7, 11) is 0. The van der Waals surface area contributed by atoms with Crippen molar-refractivity contribution in [3.05, 3.63) is 55.1 Å². The third-order valence-corrected chi connectivity index (χ3v) is 6.39. The number of ether oxygens (including phenoxy) is 2. The highest BCUT2D eigenvalue weighted by Crippen LogP contribution is 2.26. The van der Waals surface area contributed by atoms with Gasteiger partial charge < -0.3 is 20.1 Å². The molecule has 0 saturated heterocycles. The number of hydrogen-bond donors (Lipinski definition) is 2. The lowest BCUT2D eigenvalue weighted by atomic mass is 9.87. The van der Waals surface area contributed by atoms with Gasteiger partial charge in [0.15, 0.2) is 0 Å². The van der Waals surface area contributed by atoms with Gasteiger partial charge in [0, 0.05) is 13.2 Å². The zero-order chi connectivity index (χ0) is 23.1. The van der Waals surface area contributed by atoms with Crippen LogP contribution in [0, 0.1) is 5.92 Å². The lowest BCUT2D eigenvalue weighted by Crippen LogP contribution is -2.34. The van der Waals surface area contributed by atoms with E-state index in [4.69, 9.17) is 9.47 Å². The zero-order valence-electron chi connectivity index (χ0n) is 19.9. The third kappa shape index (κ3) is 9.56. The van der Waals surface area contributed by atoms with E-state index in [9.17, 15) is 4.79 Å². The summed E-state index contributed by atoms with van der Waals surface area (Å²) in [5.41, 5.74) is 0. The molecule has 1 amide bonds. The second-order valence-corrected chi connectivity index (χ2v) is 9.03. The van der Waals surface area contributed by atoms with Crippen molar-refractivity contribution in [1.82, 2.24) is 10.6 Å². The van der Waals surface area contributed by atoms with Gasteiger partial charge in [-0.25, -0.2) is 4.79 Å². The molecule has 0 radical (unpaired) electrons. The number of carbonyl (C=O) groups is 1. The maximum Gasteiger partial charge on any atom is 0.412 e. The molecule has 0 bridgehead atoms. The van der Waals surface area contributed by atoms with Crippen LogP contribution in [0.1, 0.15) is 57.8 Å². The highest BCUT2D eigenvalue weighted by Gasteiger charge is 2.22. The van der Waals surface area contributed by atoms with Crippen molar-refractivity contribution >= 4 is 16.9 Å². The average molecular weight is 453 g/mol. The molecule has 180 valence electrons. The fraction of sp³-hybridized carbons (Fsp3) is 0.536. The zero-order valence-corrected chi connectivity index (χ0v) is 19.9. The number of nitrogens with one attached hydrogen (secondary N) is 2. The molecule has 5 nitrogen and oxygen atoms in total. The summed E-state index contributed by atoms with van der Waals surface area (Å²) in [5.74, 6) is 1.08. The van der Waals surface area contributed by atoms with Gasteiger partial charge in [-0.15, -0.1) is 6.58 Å². The van der Waals surface area contributed by atoms with Crippen LogP contribution in [0.15, 0.2) is 55.1 Å². The number of fused-ring (bicyclic) bond motifs is 1. The molecule has 2 N–H and O–H groups in total. The largest absolute Gasteiger partial charge is 0.412 e. The van der Waals surface area contributed by atoms with Crippen LogP contribution >= 0.6 is 0 Å². The minimum Gasteiger partial charge on any atom is -0.410 e. The van der Waals surface area contributed by atoms with Crippen LogP contribution in [0.3, 0.4) is 0 Å². The first kappa shape index (κ1) is 25.3. The van der Waals surface area contributed by atoms with Gasteiger partial charge in [-0.2, -0.15) is 0 Å². The van der Waals surface area contributed by atoms with Gasteiger partial charge in [0.25, 0.3) is 0 Å². The summed E-state index contributed by atoms with van der Waals surface area (Å²) in [5, 5.41) is 8.57. The summed E-state index contributed by atoms with van der Waals surface area (Å²) in [6.07, 6.45) is 12.2. The maximum absolute atomic E-state index is 12.2. The molecular formula is C28H40N2O3. The molecule has 33 heavy (non-hydrogen) atoms. The maximum atomic E-state index is 12.2. The summed E-state index contributed by atoms with van der Waals surface area (Å²) < 4.78 is 11.6. The number of amides is 1. The normalized spacial score (nSPS) is 18.2. The van der Waals surface area contributed by atoms with Gasteiger partial charge in [0.1, 0.15) is 5.75 Å². The van der Waals surface area contributed by atoms with E-state index in [0.29, 0.717) is 24.3 Å². The number of hydrogen-bond acceptors (Lipinski definition) is 4. The molecule has 0 unspecified atom stereocenters. The van der Waals surface area contributed by atoms with Crippen LogP contribution in [0.5, 0.6) is 5.75 Å². The Morgan fingerprint density at radius 2 is 1.76 bits per heavy atom. The van der Waals surface area contributed by atoms with Crippen molar-refractivity contribution in [2.24, 2.45) is 5.92 Å². The van der Waals surface area contributed by atoms with Gasteiger partial charge in [0.2, 0.25) is 0 Å². The molecule has 0 atom stereocenters. The van der Waals surface area contributed by atoms with E-state index < -0.39 is 0 Å². The Bertz CT molecular complexity index is 846. The van der Waals surface area contributed by atoms with Crippen molar-refractivity contribution in [2.45, 2.75) is 63.9 Å². The van der Waals surface area contributed by atoms with Crippen LogP contribution < -0.4 is 15.4 Å². The SMILES string of the molecule is C=CCCNCCCCCCOC1CCC(CNC(=O)Oc2ccc3ccccc3c2)CC1. The van der Waals surface area contributed by atoms with Gasteiger partial charge in [0.05, 0.1) is 6.10 Å². The van der Waals surface area contributed by atoms with E-state index in [2.05, 4.69) is 17.2 Å². The Hall–Kier alpha value is -2.37. The molecule has 5 heteroatoms. The van der Waals surface area contributed by atoms with E-state index >= 15 is 0 Å².